The van der Waals surface area contributed by atoms with Gasteiger partial charge in [-0.15, -0.1) is 0 Å². The van der Waals surface area contributed by atoms with E-state index in [-0.39, 0.29) is 11.9 Å². The Morgan fingerprint density at radius 3 is 2.37 bits per heavy atom. The molecule has 100 valence electrons. The van der Waals surface area contributed by atoms with Crippen molar-refractivity contribution in [2.24, 2.45) is 0 Å². The van der Waals surface area contributed by atoms with Crippen LogP contribution < -0.4 is 10.1 Å². The third-order valence-corrected chi connectivity index (χ3v) is 3.03. The first-order valence-electron chi connectivity index (χ1n) is 6.40. The molecule has 3 heteroatoms. The Hall–Kier alpha value is -1.87. The minimum Gasteiger partial charge on any atom is -0.494 e. The first-order chi connectivity index (χ1) is 9.26. The molecule has 0 aliphatic carbocycles. The van der Waals surface area contributed by atoms with E-state index in [0.717, 1.165) is 11.3 Å². The Balaban J connectivity index is 2.29. The topological polar surface area (TPSA) is 21.3 Å². The maximum Gasteiger partial charge on any atom is 0.128 e. The number of nitrogens with one attached hydrogen (secondary N) is 1. The third kappa shape index (κ3) is 3.12. The van der Waals surface area contributed by atoms with Gasteiger partial charge in [0.15, 0.2) is 0 Å². The Labute approximate surface area is 113 Å². The maximum atomic E-state index is 13.8. The van der Waals surface area contributed by atoms with E-state index in [1.54, 1.807) is 12.1 Å². The molecule has 2 aromatic rings. The highest BCUT2D eigenvalue weighted by Crippen LogP contribution is 2.25. The third-order valence-electron chi connectivity index (χ3n) is 3.03. The second-order valence-electron chi connectivity index (χ2n) is 4.25. The Bertz CT molecular complexity index is 525. The van der Waals surface area contributed by atoms with Gasteiger partial charge in [-0.2, -0.15) is 0 Å². The lowest BCUT2D eigenvalue weighted by Crippen LogP contribution is -2.18. The van der Waals surface area contributed by atoms with Crippen LogP contribution in [-0.2, 0) is 0 Å². The Morgan fingerprint density at radius 1 is 1.11 bits per heavy atom. The van der Waals surface area contributed by atoms with E-state index in [1.165, 1.54) is 6.07 Å². The molecule has 1 atom stereocenters. The Kier molecular flexibility index (Phi) is 4.53. The van der Waals surface area contributed by atoms with Gasteiger partial charge in [-0.25, -0.2) is 4.39 Å². The molecule has 2 nitrogen and oxygen atoms in total. The lowest BCUT2D eigenvalue weighted by atomic mass is 9.98. The van der Waals surface area contributed by atoms with Crippen molar-refractivity contribution in [1.29, 1.82) is 0 Å². The lowest BCUT2D eigenvalue weighted by Gasteiger charge is -2.18. The molecule has 1 N–H and O–H groups in total. The van der Waals surface area contributed by atoms with Gasteiger partial charge >= 0.3 is 0 Å². The van der Waals surface area contributed by atoms with Crippen LogP contribution in [0.4, 0.5) is 4.39 Å². The van der Waals surface area contributed by atoms with Crippen molar-refractivity contribution < 1.29 is 9.13 Å². The molecule has 2 aromatic carbocycles. The predicted molar refractivity (Wildman–Crippen MR) is 74.9 cm³/mol. The number of ether oxygens (including phenoxy) is 1. The molecule has 0 spiro atoms. The van der Waals surface area contributed by atoms with Crippen molar-refractivity contribution in [2.75, 3.05) is 13.7 Å². The molecule has 2 rings (SSSR count). The number of rotatable bonds is 5. The predicted octanol–water partition coefficient (Wildman–Crippen LogP) is 3.53. The van der Waals surface area contributed by atoms with Crippen LogP contribution in [0.3, 0.4) is 0 Å². The van der Waals surface area contributed by atoms with Crippen molar-refractivity contribution in [3.63, 3.8) is 0 Å². The summed E-state index contributed by atoms with van der Waals surface area (Å²) in [7, 11) is 1.83. The van der Waals surface area contributed by atoms with Crippen LogP contribution in [0.5, 0.6) is 5.75 Å². The smallest absolute Gasteiger partial charge is 0.128 e. The molecule has 0 heterocycles. The molecule has 0 aromatic heterocycles. The van der Waals surface area contributed by atoms with Crippen LogP contribution in [0, 0.1) is 5.82 Å². The number of benzene rings is 2. The maximum absolute atomic E-state index is 13.8. The molecular weight excluding hydrogens is 241 g/mol. The highest BCUT2D eigenvalue weighted by molar-refractivity contribution is 5.36. The van der Waals surface area contributed by atoms with E-state index in [9.17, 15) is 4.39 Å². The van der Waals surface area contributed by atoms with E-state index in [4.69, 9.17) is 4.74 Å². The highest BCUT2D eigenvalue weighted by Gasteiger charge is 2.15. The van der Waals surface area contributed by atoms with Crippen molar-refractivity contribution in [3.8, 4) is 5.75 Å². The van der Waals surface area contributed by atoms with Crippen LogP contribution in [-0.4, -0.2) is 13.7 Å². The van der Waals surface area contributed by atoms with E-state index in [0.29, 0.717) is 12.2 Å². The van der Waals surface area contributed by atoms with E-state index in [1.807, 2.05) is 44.3 Å². The van der Waals surface area contributed by atoms with Gasteiger partial charge in [-0.05, 0) is 37.7 Å². The van der Waals surface area contributed by atoms with Crippen molar-refractivity contribution in [2.45, 2.75) is 13.0 Å². The first kappa shape index (κ1) is 13.6. The molecule has 0 aliphatic heterocycles. The number of hydrogen-bond donors (Lipinski definition) is 1. The van der Waals surface area contributed by atoms with Crippen molar-refractivity contribution >= 4 is 0 Å². The molecule has 0 amide bonds. The average molecular weight is 259 g/mol. The normalized spacial score (nSPS) is 12.2. The summed E-state index contributed by atoms with van der Waals surface area (Å²) in [6.07, 6.45) is 0. The van der Waals surface area contributed by atoms with Gasteiger partial charge < -0.3 is 10.1 Å². The molecule has 0 radical (unpaired) electrons. The van der Waals surface area contributed by atoms with E-state index in [2.05, 4.69) is 5.32 Å². The summed E-state index contributed by atoms with van der Waals surface area (Å²) in [5.41, 5.74) is 1.66. The fourth-order valence-corrected chi connectivity index (χ4v) is 2.13. The zero-order valence-electron chi connectivity index (χ0n) is 11.2. The molecule has 19 heavy (non-hydrogen) atoms. The summed E-state index contributed by atoms with van der Waals surface area (Å²) in [6.45, 7) is 2.59. The molecule has 0 saturated carbocycles. The molecule has 1 unspecified atom stereocenters. The molecule has 0 saturated heterocycles. The highest BCUT2D eigenvalue weighted by atomic mass is 19.1. The summed E-state index contributed by atoms with van der Waals surface area (Å²) in [6, 6.07) is 14.4. The van der Waals surface area contributed by atoms with Crippen LogP contribution >= 0.6 is 0 Å². The van der Waals surface area contributed by atoms with E-state index >= 15 is 0 Å². The zero-order chi connectivity index (χ0) is 13.7. The van der Waals surface area contributed by atoms with Gasteiger partial charge in [0.1, 0.15) is 11.6 Å². The molecule has 0 bridgehead atoms. The second kappa shape index (κ2) is 6.34. The fourth-order valence-electron chi connectivity index (χ4n) is 2.13. The van der Waals surface area contributed by atoms with Crippen LogP contribution in [0.25, 0.3) is 0 Å². The van der Waals surface area contributed by atoms with Gasteiger partial charge in [0.2, 0.25) is 0 Å². The summed E-state index contributed by atoms with van der Waals surface area (Å²) in [4.78, 5) is 0. The minimum absolute atomic E-state index is 0.156. The summed E-state index contributed by atoms with van der Waals surface area (Å²) < 4.78 is 19.3. The van der Waals surface area contributed by atoms with Crippen molar-refractivity contribution in [3.05, 3.63) is 65.5 Å². The second-order valence-corrected chi connectivity index (χ2v) is 4.25. The largest absolute Gasteiger partial charge is 0.494 e. The quantitative estimate of drug-likeness (QED) is 0.887. The van der Waals surface area contributed by atoms with Crippen LogP contribution in [0.2, 0.25) is 0 Å². The van der Waals surface area contributed by atoms with E-state index < -0.39 is 0 Å². The van der Waals surface area contributed by atoms with Gasteiger partial charge in [0.05, 0.1) is 12.6 Å². The molecular formula is C16H18FNO. The van der Waals surface area contributed by atoms with Crippen molar-refractivity contribution in [1.82, 2.24) is 5.32 Å². The van der Waals surface area contributed by atoms with Gasteiger partial charge in [0.25, 0.3) is 0 Å². The number of hydrogen-bond acceptors (Lipinski definition) is 2. The lowest BCUT2D eigenvalue weighted by molar-refractivity contribution is 0.340. The number of halogens is 1. The first-order valence-corrected chi connectivity index (χ1v) is 6.40. The SMILES string of the molecule is CCOc1ccc(C(NC)c2ccccc2F)cc1. The van der Waals surface area contributed by atoms with Crippen LogP contribution in [0.15, 0.2) is 48.5 Å². The minimum atomic E-state index is -0.198. The molecule has 0 fully saturated rings. The zero-order valence-corrected chi connectivity index (χ0v) is 11.2. The fraction of sp³-hybridized carbons (Fsp3) is 0.250. The van der Waals surface area contributed by atoms with Gasteiger partial charge in [-0.1, -0.05) is 30.3 Å². The van der Waals surface area contributed by atoms with Gasteiger partial charge in [0, 0.05) is 5.56 Å². The standard InChI is InChI=1S/C16H18FNO/c1-3-19-13-10-8-12(9-11-13)16(18-2)14-6-4-5-7-15(14)17/h4-11,16,18H,3H2,1-2H3. The Morgan fingerprint density at radius 2 is 1.79 bits per heavy atom. The summed E-state index contributed by atoms with van der Waals surface area (Å²) in [5, 5.41) is 3.15. The molecule has 0 aliphatic rings. The van der Waals surface area contributed by atoms with Crippen LogP contribution in [0.1, 0.15) is 24.1 Å². The average Bonchev–Trinajstić information content (AvgIpc) is 2.44. The summed E-state index contributed by atoms with van der Waals surface area (Å²) in [5.74, 6) is 0.630. The van der Waals surface area contributed by atoms with Gasteiger partial charge in [-0.3, -0.25) is 0 Å². The summed E-state index contributed by atoms with van der Waals surface area (Å²) >= 11 is 0. The monoisotopic (exact) mass is 259 g/mol.